The predicted octanol–water partition coefficient (Wildman–Crippen LogP) is 0.653. The van der Waals surface area contributed by atoms with Crippen LogP contribution in [0.2, 0.25) is 0 Å². The fourth-order valence-corrected chi connectivity index (χ4v) is 1.59. The predicted molar refractivity (Wildman–Crippen MR) is 53.5 cm³/mol. The van der Waals surface area contributed by atoms with E-state index < -0.39 is 0 Å². The number of rotatable bonds is 5. The van der Waals surface area contributed by atoms with Crippen LogP contribution in [-0.4, -0.2) is 29.3 Å². The lowest BCUT2D eigenvalue weighted by molar-refractivity contribution is -0.138. The minimum Gasteiger partial charge on any atom is -0.328 e. The molecule has 0 radical (unpaired) electrons. The second-order valence-electron chi connectivity index (χ2n) is 3.75. The van der Waals surface area contributed by atoms with Gasteiger partial charge in [-0.3, -0.25) is 14.5 Å². The van der Waals surface area contributed by atoms with E-state index in [0.29, 0.717) is 19.4 Å². The average Bonchev–Trinajstić information content (AvgIpc) is 2.48. The van der Waals surface area contributed by atoms with E-state index in [4.69, 9.17) is 5.73 Å². The van der Waals surface area contributed by atoms with Crippen molar-refractivity contribution in [3.8, 4) is 0 Å². The van der Waals surface area contributed by atoms with Crippen LogP contribution in [0.3, 0.4) is 0 Å². The number of nitrogens with zero attached hydrogens (tertiary/aromatic N) is 1. The molecule has 0 aromatic heterocycles. The fourth-order valence-electron chi connectivity index (χ4n) is 1.59. The lowest BCUT2D eigenvalue weighted by Crippen LogP contribution is -2.31. The molecule has 1 aliphatic heterocycles. The van der Waals surface area contributed by atoms with Gasteiger partial charge in [-0.05, 0) is 19.3 Å². The van der Waals surface area contributed by atoms with E-state index in [1.165, 1.54) is 4.90 Å². The highest BCUT2D eigenvalue weighted by Gasteiger charge is 2.27. The van der Waals surface area contributed by atoms with Crippen LogP contribution in [0.1, 0.15) is 39.0 Å². The minimum absolute atomic E-state index is 0.0277. The van der Waals surface area contributed by atoms with Gasteiger partial charge in [0, 0.05) is 25.4 Å². The molecular formula is C10H18N2O2. The molecule has 14 heavy (non-hydrogen) atoms. The first-order valence-electron chi connectivity index (χ1n) is 5.24. The highest BCUT2D eigenvalue weighted by atomic mass is 16.2. The Morgan fingerprint density at radius 2 is 1.93 bits per heavy atom. The van der Waals surface area contributed by atoms with E-state index in [0.717, 1.165) is 19.3 Å². The third kappa shape index (κ3) is 2.80. The second kappa shape index (κ2) is 5.10. The number of imide groups is 1. The van der Waals surface area contributed by atoms with Gasteiger partial charge in [-0.2, -0.15) is 0 Å². The molecule has 0 aliphatic carbocycles. The monoisotopic (exact) mass is 198 g/mol. The molecule has 1 heterocycles. The van der Waals surface area contributed by atoms with Gasteiger partial charge in [-0.1, -0.05) is 6.92 Å². The van der Waals surface area contributed by atoms with Crippen molar-refractivity contribution in [3.05, 3.63) is 0 Å². The summed E-state index contributed by atoms with van der Waals surface area (Å²) in [6.07, 6.45) is 3.43. The summed E-state index contributed by atoms with van der Waals surface area (Å²) in [5.41, 5.74) is 5.74. The summed E-state index contributed by atoms with van der Waals surface area (Å²) >= 11 is 0. The van der Waals surface area contributed by atoms with Gasteiger partial charge in [-0.15, -0.1) is 0 Å². The maximum atomic E-state index is 11.2. The van der Waals surface area contributed by atoms with Gasteiger partial charge in [0.1, 0.15) is 0 Å². The van der Waals surface area contributed by atoms with E-state index in [1.807, 2.05) is 6.92 Å². The van der Waals surface area contributed by atoms with Crippen molar-refractivity contribution in [2.75, 3.05) is 6.54 Å². The third-order valence-corrected chi connectivity index (χ3v) is 2.64. The highest BCUT2D eigenvalue weighted by molar-refractivity contribution is 6.01. The zero-order chi connectivity index (χ0) is 10.6. The topological polar surface area (TPSA) is 63.4 Å². The van der Waals surface area contributed by atoms with Crippen LogP contribution in [0, 0.1) is 0 Å². The number of hydrogen-bond acceptors (Lipinski definition) is 3. The van der Waals surface area contributed by atoms with Crippen molar-refractivity contribution in [2.45, 2.75) is 45.1 Å². The summed E-state index contributed by atoms with van der Waals surface area (Å²) in [5, 5.41) is 0. The Labute approximate surface area is 84.4 Å². The van der Waals surface area contributed by atoms with Crippen molar-refractivity contribution in [2.24, 2.45) is 5.73 Å². The lowest BCUT2D eigenvalue weighted by atomic mass is 10.1. The largest absolute Gasteiger partial charge is 0.328 e. The summed E-state index contributed by atoms with van der Waals surface area (Å²) < 4.78 is 0. The van der Waals surface area contributed by atoms with Crippen molar-refractivity contribution < 1.29 is 9.59 Å². The first-order valence-corrected chi connectivity index (χ1v) is 5.24. The van der Waals surface area contributed by atoms with Crippen LogP contribution in [0.5, 0.6) is 0 Å². The molecule has 1 atom stereocenters. The number of amides is 2. The standard InChI is InChI=1S/C10H18N2O2/c1-2-8(11)4-3-7-12-9(13)5-6-10(12)14/h8H,2-7,11H2,1H3. The molecule has 1 unspecified atom stereocenters. The maximum absolute atomic E-state index is 11.2. The summed E-state index contributed by atoms with van der Waals surface area (Å²) in [6.45, 7) is 2.59. The Balaban J connectivity index is 2.24. The number of carbonyl (C=O) groups is 2. The van der Waals surface area contributed by atoms with Gasteiger partial charge in [-0.25, -0.2) is 0 Å². The molecule has 0 spiro atoms. The van der Waals surface area contributed by atoms with Gasteiger partial charge in [0.15, 0.2) is 0 Å². The number of carbonyl (C=O) groups excluding carboxylic acids is 2. The summed E-state index contributed by atoms with van der Waals surface area (Å²) in [5.74, 6) is -0.0554. The molecule has 4 heteroatoms. The maximum Gasteiger partial charge on any atom is 0.229 e. The smallest absolute Gasteiger partial charge is 0.229 e. The quantitative estimate of drug-likeness (QED) is 0.660. The van der Waals surface area contributed by atoms with Crippen LogP contribution in [0.25, 0.3) is 0 Å². The number of nitrogens with two attached hydrogens (primary N) is 1. The number of hydrogen-bond donors (Lipinski definition) is 1. The van der Waals surface area contributed by atoms with Gasteiger partial charge in [0.25, 0.3) is 0 Å². The molecule has 1 rings (SSSR count). The minimum atomic E-state index is -0.0277. The normalized spacial score (nSPS) is 19.1. The van der Waals surface area contributed by atoms with Crippen molar-refractivity contribution in [1.29, 1.82) is 0 Å². The molecular weight excluding hydrogens is 180 g/mol. The van der Waals surface area contributed by atoms with Crippen molar-refractivity contribution >= 4 is 11.8 Å². The van der Waals surface area contributed by atoms with Crippen LogP contribution in [0.4, 0.5) is 0 Å². The van der Waals surface area contributed by atoms with Crippen LogP contribution in [-0.2, 0) is 9.59 Å². The van der Waals surface area contributed by atoms with Crippen LogP contribution < -0.4 is 5.73 Å². The Morgan fingerprint density at radius 1 is 1.36 bits per heavy atom. The first-order chi connectivity index (χ1) is 6.65. The van der Waals surface area contributed by atoms with Crippen molar-refractivity contribution in [1.82, 2.24) is 4.90 Å². The zero-order valence-electron chi connectivity index (χ0n) is 8.66. The molecule has 1 saturated heterocycles. The zero-order valence-corrected chi connectivity index (χ0v) is 8.66. The van der Waals surface area contributed by atoms with Crippen LogP contribution >= 0.6 is 0 Å². The SMILES string of the molecule is CCC(N)CCCN1C(=O)CCC1=O. The first kappa shape index (κ1) is 11.2. The molecule has 2 amide bonds. The van der Waals surface area contributed by atoms with Gasteiger partial charge >= 0.3 is 0 Å². The van der Waals surface area contributed by atoms with Crippen molar-refractivity contribution in [3.63, 3.8) is 0 Å². The van der Waals surface area contributed by atoms with Gasteiger partial charge in [0.05, 0.1) is 0 Å². The Bertz CT molecular complexity index is 212. The number of likely N-dealkylation sites (tertiary alicyclic amines) is 1. The molecule has 0 saturated carbocycles. The molecule has 80 valence electrons. The third-order valence-electron chi connectivity index (χ3n) is 2.64. The average molecular weight is 198 g/mol. The van der Waals surface area contributed by atoms with Crippen LogP contribution in [0.15, 0.2) is 0 Å². The molecule has 0 aromatic rings. The van der Waals surface area contributed by atoms with E-state index in [2.05, 4.69) is 0 Å². The molecule has 1 aliphatic rings. The Morgan fingerprint density at radius 3 is 2.43 bits per heavy atom. The molecule has 4 nitrogen and oxygen atoms in total. The van der Waals surface area contributed by atoms with E-state index in [9.17, 15) is 9.59 Å². The molecule has 1 fully saturated rings. The Hall–Kier alpha value is -0.900. The summed E-state index contributed by atoms with van der Waals surface area (Å²) in [6, 6.07) is 0.197. The highest BCUT2D eigenvalue weighted by Crippen LogP contribution is 2.12. The van der Waals surface area contributed by atoms with E-state index in [1.54, 1.807) is 0 Å². The molecule has 2 N–H and O–H groups in total. The molecule has 0 bridgehead atoms. The van der Waals surface area contributed by atoms with Gasteiger partial charge in [0.2, 0.25) is 11.8 Å². The fraction of sp³-hybridized carbons (Fsp3) is 0.800. The van der Waals surface area contributed by atoms with E-state index in [-0.39, 0.29) is 17.9 Å². The Kier molecular flexibility index (Phi) is 4.07. The second-order valence-corrected chi connectivity index (χ2v) is 3.75. The van der Waals surface area contributed by atoms with Gasteiger partial charge < -0.3 is 5.73 Å². The lowest BCUT2D eigenvalue weighted by Gasteiger charge is -2.14. The summed E-state index contributed by atoms with van der Waals surface area (Å²) in [4.78, 5) is 23.8. The molecule has 0 aromatic carbocycles. The summed E-state index contributed by atoms with van der Waals surface area (Å²) in [7, 11) is 0. The van der Waals surface area contributed by atoms with E-state index >= 15 is 0 Å².